The fourth-order valence-electron chi connectivity index (χ4n) is 2.42. The molecule has 140 valence electrons. The Morgan fingerprint density at radius 2 is 1.81 bits per heavy atom. The number of sulfonamides is 1. The van der Waals surface area contributed by atoms with Gasteiger partial charge in [0, 0.05) is 11.9 Å². The number of hydrogen-bond acceptors (Lipinski definition) is 6. The molecular formula is C19H19N3O4S. The average Bonchev–Trinajstić information content (AvgIpc) is 2.66. The Morgan fingerprint density at radius 1 is 1.07 bits per heavy atom. The molecular weight excluding hydrogens is 366 g/mol. The van der Waals surface area contributed by atoms with E-state index in [2.05, 4.69) is 15.0 Å². The van der Waals surface area contributed by atoms with Crippen molar-refractivity contribution in [2.75, 3.05) is 17.1 Å². The minimum atomic E-state index is -3.79. The average molecular weight is 385 g/mol. The lowest BCUT2D eigenvalue weighted by atomic mass is 10.2. The minimum absolute atomic E-state index is 0.110. The highest BCUT2D eigenvalue weighted by molar-refractivity contribution is 7.92. The number of aryl methyl sites for hydroxylation is 1. The molecule has 0 aliphatic carbocycles. The first kappa shape index (κ1) is 18.5. The fourth-order valence-corrected chi connectivity index (χ4v) is 3.48. The van der Waals surface area contributed by atoms with E-state index in [-0.39, 0.29) is 10.6 Å². The molecule has 0 aliphatic heterocycles. The van der Waals surface area contributed by atoms with Crippen molar-refractivity contribution in [3.8, 4) is 11.5 Å². The van der Waals surface area contributed by atoms with Crippen molar-refractivity contribution in [1.29, 1.82) is 0 Å². The van der Waals surface area contributed by atoms with Gasteiger partial charge in [-0.1, -0.05) is 0 Å². The number of pyridine rings is 1. The van der Waals surface area contributed by atoms with Crippen LogP contribution in [0.4, 0.5) is 17.2 Å². The summed E-state index contributed by atoms with van der Waals surface area (Å²) in [5, 5.41) is 12.7. The van der Waals surface area contributed by atoms with Gasteiger partial charge >= 0.3 is 0 Å². The predicted octanol–water partition coefficient (Wildman–Crippen LogP) is 3.65. The van der Waals surface area contributed by atoms with Gasteiger partial charge in [0.05, 0.1) is 17.7 Å². The number of aromatic nitrogens is 1. The molecule has 0 spiro atoms. The fraction of sp³-hybridized carbons (Fsp3) is 0.105. The SMILES string of the molecule is COc1ccc(S(=O)(=O)Nc2cccnc2Nc2ccc(O)c(C)c2)cc1. The van der Waals surface area contributed by atoms with Gasteiger partial charge in [-0.05, 0) is 67.1 Å². The monoisotopic (exact) mass is 385 g/mol. The molecule has 0 saturated heterocycles. The van der Waals surface area contributed by atoms with Crippen molar-refractivity contribution in [3.05, 3.63) is 66.4 Å². The van der Waals surface area contributed by atoms with Crippen LogP contribution in [0.2, 0.25) is 0 Å². The smallest absolute Gasteiger partial charge is 0.262 e. The maximum atomic E-state index is 12.7. The van der Waals surface area contributed by atoms with Crippen molar-refractivity contribution in [2.24, 2.45) is 0 Å². The number of aromatic hydroxyl groups is 1. The number of phenolic OH excluding ortho intramolecular Hbond substituents is 1. The van der Waals surface area contributed by atoms with Crippen LogP contribution in [0.25, 0.3) is 0 Å². The Morgan fingerprint density at radius 3 is 2.48 bits per heavy atom. The number of rotatable bonds is 6. The molecule has 3 rings (SSSR count). The van der Waals surface area contributed by atoms with Crippen molar-refractivity contribution >= 4 is 27.2 Å². The third-order valence-electron chi connectivity index (χ3n) is 3.88. The Kier molecular flexibility index (Phi) is 5.18. The lowest BCUT2D eigenvalue weighted by Crippen LogP contribution is -2.14. The summed E-state index contributed by atoms with van der Waals surface area (Å²) in [4.78, 5) is 4.32. The predicted molar refractivity (Wildman–Crippen MR) is 104 cm³/mol. The maximum absolute atomic E-state index is 12.7. The van der Waals surface area contributed by atoms with Crippen LogP contribution < -0.4 is 14.8 Å². The van der Waals surface area contributed by atoms with Crippen LogP contribution in [-0.4, -0.2) is 25.6 Å². The first-order valence-corrected chi connectivity index (χ1v) is 9.56. The van der Waals surface area contributed by atoms with Crippen molar-refractivity contribution in [1.82, 2.24) is 4.98 Å². The molecule has 8 heteroatoms. The second kappa shape index (κ2) is 7.55. The zero-order valence-electron chi connectivity index (χ0n) is 14.8. The van der Waals surface area contributed by atoms with E-state index in [1.165, 1.54) is 19.2 Å². The van der Waals surface area contributed by atoms with E-state index >= 15 is 0 Å². The van der Waals surface area contributed by atoms with E-state index in [1.54, 1.807) is 55.6 Å². The van der Waals surface area contributed by atoms with Crippen molar-refractivity contribution in [3.63, 3.8) is 0 Å². The van der Waals surface area contributed by atoms with Gasteiger partial charge in [-0.25, -0.2) is 13.4 Å². The number of nitrogens with one attached hydrogen (secondary N) is 2. The van der Waals surface area contributed by atoms with Crippen LogP contribution in [0.5, 0.6) is 11.5 Å². The third kappa shape index (κ3) is 4.29. The van der Waals surface area contributed by atoms with E-state index < -0.39 is 10.0 Å². The Hall–Kier alpha value is -3.26. The number of ether oxygens (including phenoxy) is 1. The van der Waals surface area contributed by atoms with Gasteiger partial charge < -0.3 is 15.2 Å². The minimum Gasteiger partial charge on any atom is -0.508 e. The highest BCUT2D eigenvalue weighted by Crippen LogP contribution is 2.28. The van der Waals surface area contributed by atoms with Crippen LogP contribution >= 0.6 is 0 Å². The molecule has 3 N–H and O–H groups in total. The van der Waals surface area contributed by atoms with Crippen LogP contribution in [0, 0.1) is 6.92 Å². The van der Waals surface area contributed by atoms with Gasteiger partial charge in [-0.2, -0.15) is 0 Å². The number of methoxy groups -OCH3 is 1. The Labute approximate surface area is 157 Å². The van der Waals surface area contributed by atoms with Gasteiger partial charge in [0.15, 0.2) is 5.82 Å². The summed E-state index contributed by atoms with van der Waals surface area (Å²) in [7, 11) is -2.28. The standard InChI is InChI=1S/C19H19N3O4S/c1-13-12-14(5-10-18(13)23)21-19-17(4-3-11-20-19)22-27(24,25)16-8-6-15(26-2)7-9-16/h3-12,22-23H,1-2H3,(H,20,21). The lowest BCUT2D eigenvalue weighted by Gasteiger charge is -2.14. The molecule has 0 bridgehead atoms. The van der Waals surface area contributed by atoms with E-state index in [0.29, 0.717) is 28.5 Å². The highest BCUT2D eigenvalue weighted by Gasteiger charge is 2.17. The number of hydrogen-bond donors (Lipinski definition) is 3. The summed E-state index contributed by atoms with van der Waals surface area (Å²) in [6, 6.07) is 14.3. The van der Waals surface area contributed by atoms with Crippen LogP contribution in [0.15, 0.2) is 65.7 Å². The zero-order chi connectivity index (χ0) is 19.4. The quantitative estimate of drug-likeness (QED) is 0.560. The van der Waals surface area contributed by atoms with Gasteiger partial charge in [-0.15, -0.1) is 0 Å². The largest absolute Gasteiger partial charge is 0.508 e. The van der Waals surface area contributed by atoms with Crippen LogP contribution in [-0.2, 0) is 10.0 Å². The molecule has 27 heavy (non-hydrogen) atoms. The molecule has 1 aromatic heterocycles. The number of phenols is 1. The Bertz CT molecular complexity index is 1050. The van der Waals surface area contributed by atoms with Crippen LogP contribution in [0.1, 0.15) is 5.56 Å². The molecule has 0 saturated carbocycles. The van der Waals surface area contributed by atoms with Gasteiger partial charge in [-0.3, -0.25) is 4.72 Å². The summed E-state index contributed by atoms with van der Waals surface area (Å²) < 4.78 is 32.9. The molecule has 0 radical (unpaired) electrons. The molecule has 0 aliphatic rings. The van der Waals surface area contributed by atoms with E-state index in [0.717, 1.165) is 0 Å². The second-order valence-electron chi connectivity index (χ2n) is 5.81. The van der Waals surface area contributed by atoms with Crippen LogP contribution in [0.3, 0.4) is 0 Å². The van der Waals surface area contributed by atoms with E-state index in [9.17, 15) is 13.5 Å². The normalized spacial score (nSPS) is 11.0. The Balaban J connectivity index is 1.87. The molecule has 3 aromatic rings. The number of benzene rings is 2. The van der Waals surface area contributed by atoms with E-state index in [1.807, 2.05) is 0 Å². The number of nitrogens with zero attached hydrogens (tertiary/aromatic N) is 1. The third-order valence-corrected chi connectivity index (χ3v) is 5.26. The second-order valence-corrected chi connectivity index (χ2v) is 7.49. The molecule has 0 fully saturated rings. The van der Waals surface area contributed by atoms with Gasteiger partial charge in [0.25, 0.3) is 10.0 Å². The summed E-state index contributed by atoms with van der Waals surface area (Å²) in [5.74, 6) is 1.10. The number of anilines is 3. The first-order valence-electron chi connectivity index (χ1n) is 8.07. The summed E-state index contributed by atoms with van der Waals surface area (Å²) in [5.41, 5.74) is 1.67. The first-order chi connectivity index (χ1) is 12.9. The summed E-state index contributed by atoms with van der Waals surface area (Å²) in [6.45, 7) is 1.77. The van der Waals surface area contributed by atoms with E-state index in [4.69, 9.17) is 4.74 Å². The summed E-state index contributed by atoms with van der Waals surface area (Å²) >= 11 is 0. The summed E-state index contributed by atoms with van der Waals surface area (Å²) in [6.07, 6.45) is 1.56. The van der Waals surface area contributed by atoms with Gasteiger partial charge in [0.2, 0.25) is 0 Å². The molecule has 1 heterocycles. The van der Waals surface area contributed by atoms with Crippen molar-refractivity contribution < 1.29 is 18.3 Å². The highest BCUT2D eigenvalue weighted by atomic mass is 32.2. The zero-order valence-corrected chi connectivity index (χ0v) is 15.6. The molecule has 7 nitrogen and oxygen atoms in total. The van der Waals surface area contributed by atoms with Crippen molar-refractivity contribution in [2.45, 2.75) is 11.8 Å². The topological polar surface area (TPSA) is 101 Å². The molecule has 0 amide bonds. The molecule has 0 unspecified atom stereocenters. The lowest BCUT2D eigenvalue weighted by molar-refractivity contribution is 0.414. The van der Waals surface area contributed by atoms with Gasteiger partial charge in [0.1, 0.15) is 11.5 Å². The molecule has 2 aromatic carbocycles. The maximum Gasteiger partial charge on any atom is 0.262 e. The molecule has 0 atom stereocenters.